The van der Waals surface area contributed by atoms with Crippen molar-refractivity contribution in [2.45, 2.75) is 57.0 Å². The summed E-state index contributed by atoms with van der Waals surface area (Å²) in [4.78, 5) is 15.9. The summed E-state index contributed by atoms with van der Waals surface area (Å²) in [5, 5.41) is 3.26. The second-order valence-corrected chi connectivity index (χ2v) is 7.28. The van der Waals surface area contributed by atoms with Crippen LogP contribution in [-0.4, -0.2) is 28.6 Å². The molecule has 2 heterocycles. The van der Waals surface area contributed by atoms with Gasteiger partial charge in [-0.2, -0.15) is 13.2 Å². The maximum atomic E-state index is 12.7. The summed E-state index contributed by atoms with van der Waals surface area (Å²) in [5.74, 6) is -0.185. The highest BCUT2D eigenvalue weighted by Crippen LogP contribution is 2.48. The van der Waals surface area contributed by atoms with Crippen LogP contribution in [0.4, 0.5) is 13.2 Å². The first-order valence-electron chi connectivity index (χ1n) is 6.95. The van der Waals surface area contributed by atoms with Crippen LogP contribution in [0.1, 0.15) is 42.1 Å². The summed E-state index contributed by atoms with van der Waals surface area (Å²) in [6.07, 6.45) is -4.26. The van der Waals surface area contributed by atoms with Gasteiger partial charge in [-0.3, -0.25) is 10.1 Å². The number of nitrogens with zero attached hydrogens (tertiary/aromatic N) is 1. The molecule has 7 heteroatoms. The molecule has 116 valence electrons. The molecule has 1 amide bonds. The van der Waals surface area contributed by atoms with Crippen LogP contribution in [0.5, 0.6) is 0 Å². The first kappa shape index (κ1) is 14.8. The molecule has 2 fully saturated rings. The topological polar surface area (TPSA) is 32.3 Å². The van der Waals surface area contributed by atoms with Gasteiger partial charge in [0.15, 0.2) is 0 Å². The van der Waals surface area contributed by atoms with Gasteiger partial charge in [0.2, 0.25) is 5.91 Å². The Morgan fingerprint density at radius 3 is 2.62 bits per heavy atom. The lowest BCUT2D eigenvalue weighted by Gasteiger charge is -2.30. The van der Waals surface area contributed by atoms with Gasteiger partial charge in [-0.15, -0.1) is 11.3 Å². The van der Waals surface area contributed by atoms with E-state index in [1.807, 2.05) is 19.1 Å². The molecule has 0 radical (unpaired) electrons. The van der Waals surface area contributed by atoms with E-state index in [4.69, 9.17) is 0 Å². The third kappa shape index (κ3) is 2.68. The van der Waals surface area contributed by atoms with Gasteiger partial charge in [-0.05, 0) is 38.8 Å². The molecular weight excluding hydrogens is 301 g/mol. The number of carbonyl (C=O) groups is 1. The second kappa shape index (κ2) is 4.71. The molecule has 2 unspecified atom stereocenters. The lowest BCUT2D eigenvalue weighted by Crippen LogP contribution is -2.41. The average Bonchev–Trinajstić information content (AvgIpc) is 2.90. The minimum Gasteiger partial charge on any atom is -0.317 e. The Bertz CT molecular complexity index is 565. The molecule has 1 N–H and O–H groups in total. The van der Waals surface area contributed by atoms with Crippen molar-refractivity contribution in [3.8, 4) is 0 Å². The first-order valence-corrected chi connectivity index (χ1v) is 7.77. The number of hydrogen-bond donors (Lipinski definition) is 1. The molecular formula is C14H17F3N2OS. The molecule has 2 aliphatic rings. The Labute approximate surface area is 125 Å². The van der Waals surface area contributed by atoms with Gasteiger partial charge in [0, 0.05) is 15.8 Å². The van der Waals surface area contributed by atoms with E-state index in [-0.39, 0.29) is 5.91 Å². The minimum atomic E-state index is -4.27. The minimum absolute atomic E-state index is 0.185. The molecule has 21 heavy (non-hydrogen) atoms. The molecule has 1 aromatic rings. The van der Waals surface area contributed by atoms with Crippen molar-refractivity contribution in [3.63, 3.8) is 0 Å². The summed E-state index contributed by atoms with van der Waals surface area (Å²) in [7, 11) is 0. The predicted octanol–water partition coefficient (Wildman–Crippen LogP) is 3.36. The third-order valence-electron chi connectivity index (χ3n) is 4.12. The number of hydrogen-bond acceptors (Lipinski definition) is 3. The molecule has 1 saturated carbocycles. The van der Waals surface area contributed by atoms with Crippen LogP contribution >= 0.6 is 11.3 Å². The number of amides is 1. The standard InChI is InChI=1S/C14H17F3N2OS/c1-8(7-14(15,16)17)19-11(10-4-3-9(2)21-10)18-13(5-6-13)12(19)20/h3-4,8,11,18H,5-7H2,1-2H3. The van der Waals surface area contributed by atoms with Crippen LogP contribution in [-0.2, 0) is 4.79 Å². The molecule has 1 saturated heterocycles. The molecule has 1 aromatic heterocycles. The van der Waals surface area contributed by atoms with Crippen molar-refractivity contribution in [2.75, 3.05) is 0 Å². The van der Waals surface area contributed by atoms with E-state index in [0.717, 1.165) is 9.75 Å². The van der Waals surface area contributed by atoms with E-state index in [1.54, 1.807) is 0 Å². The van der Waals surface area contributed by atoms with Gasteiger partial charge in [-0.1, -0.05) is 0 Å². The van der Waals surface area contributed by atoms with E-state index in [9.17, 15) is 18.0 Å². The second-order valence-electron chi connectivity index (χ2n) is 5.96. The number of thiophene rings is 1. The van der Waals surface area contributed by atoms with Crippen LogP contribution in [0, 0.1) is 6.92 Å². The highest BCUT2D eigenvalue weighted by molar-refractivity contribution is 7.12. The van der Waals surface area contributed by atoms with Crippen LogP contribution in [0.15, 0.2) is 12.1 Å². The fourth-order valence-corrected chi connectivity index (χ4v) is 3.87. The van der Waals surface area contributed by atoms with Gasteiger partial charge in [0.1, 0.15) is 11.7 Å². The van der Waals surface area contributed by atoms with Gasteiger partial charge in [0.25, 0.3) is 0 Å². The Morgan fingerprint density at radius 2 is 2.14 bits per heavy atom. The molecule has 3 nitrogen and oxygen atoms in total. The zero-order valence-electron chi connectivity index (χ0n) is 11.8. The smallest absolute Gasteiger partial charge is 0.317 e. The van der Waals surface area contributed by atoms with E-state index < -0.39 is 30.3 Å². The quantitative estimate of drug-likeness (QED) is 0.927. The Balaban J connectivity index is 1.88. The number of halogens is 3. The molecule has 3 rings (SSSR count). The largest absolute Gasteiger partial charge is 0.391 e. The van der Waals surface area contributed by atoms with Crippen molar-refractivity contribution >= 4 is 17.2 Å². The highest BCUT2D eigenvalue weighted by atomic mass is 32.1. The summed E-state index contributed by atoms with van der Waals surface area (Å²) >= 11 is 1.52. The predicted molar refractivity (Wildman–Crippen MR) is 73.9 cm³/mol. The van der Waals surface area contributed by atoms with Crippen molar-refractivity contribution in [1.82, 2.24) is 10.2 Å². The van der Waals surface area contributed by atoms with Crippen LogP contribution in [0.3, 0.4) is 0 Å². The van der Waals surface area contributed by atoms with E-state index in [1.165, 1.54) is 23.2 Å². The monoisotopic (exact) mass is 318 g/mol. The zero-order chi connectivity index (χ0) is 15.4. The van der Waals surface area contributed by atoms with Crippen molar-refractivity contribution < 1.29 is 18.0 Å². The zero-order valence-corrected chi connectivity index (χ0v) is 12.6. The highest BCUT2D eigenvalue weighted by Gasteiger charge is 2.60. The average molecular weight is 318 g/mol. The molecule has 1 aliphatic carbocycles. The Kier molecular flexibility index (Phi) is 3.33. The van der Waals surface area contributed by atoms with Crippen LogP contribution in [0.25, 0.3) is 0 Å². The molecule has 2 atom stereocenters. The number of aryl methyl sites for hydroxylation is 1. The van der Waals surface area contributed by atoms with Crippen molar-refractivity contribution in [1.29, 1.82) is 0 Å². The van der Waals surface area contributed by atoms with E-state index in [2.05, 4.69) is 5.32 Å². The van der Waals surface area contributed by atoms with Crippen molar-refractivity contribution in [3.05, 3.63) is 21.9 Å². The maximum absolute atomic E-state index is 12.7. The van der Waals surface area contributed by atoms with E-state index in [0.29, 0.717) is 12.8 Å². The fourth-order valence-electron chi connectivity index (χ4n) is 2.94. The van der Waals surface area contributed by atoms with Gasteiger partial charge in [0.05, 0.1) is 6.42 Å². The summed E-state index contributed by atoms with van der Waals surface area (Å²) < 4.78 is 38.0. The SMILES string of the molecule is Cc1ccc(C2NC3(CC3)C(=O)N2C(C)CC(F)(F)F)s1. The van der Waals surface area contributed by atoms with Gasteiger partial charge < -0.3 is 4.90 Å². The summed E-state index contributed by atoms with van der Waals surface area (Å²) in [6.45, 7) is 3.42. The summed E-state index contributed by atoms with van der Waals surface area (Å²) in [5.41, 5.74) is -0.609. The Morgan fingerprint density at radius 1 is 1.48 bits per heavy atom. The Hall–Kier alpha value is -1.08. The molecule has 0 bridgehead atoms. The number of nitrogens with one attached hydrogen (secondary N) is 1. The molecule has 1 aliphatic heterocycles. The van der Waals surface area contributed by atoms with Crippen LogP contribution in [0.2, 0.25) is 0 Å². The van der Waals surface area contributed by atoms with E-state index >= 15 is 0 Å². The van der Waals surface area contributed by atoms with Crippen LogP contribution < -0.4 is 5.32 Å². The van der Waals surface area contributed by atoms with Gasteiger partial charge >= 0.3 is 6.18 Å². The number of carbonyl (C=O) groups excluding carboxylic acids is 1. The molecule has 1 spiro atoms. The first-order chi connectivity index (χ1) is 9.72. The normalized spacial score (nSPS) is 25.7. The maximum Gasteiger partial charge on any atom is 0.391 e. The number of rotatable bonds is 3. The lowest BCUT2D eigenvalue weighted by atomic mass is 10.1. The third-order valence-corrected chi connectivity index (χ3v) is 5.17. The lowest BCUT2D eigenvalue weighted by molar-refractivity contribution is -0.153. The summed E-state index contributed by atoms with van der Waals surface area (Å²) in [6, 6.07) is 2.95. The molecule has 0 aromatic carbocycles. The fraction of sp³-hybridized carbons (Fsp3) is 0.643. The van der Waals surface area contributed by atoms with Gasteiger partial charge in [-0.25, -0.2) is 0 Å². The number of alkyl halides is 3. The van der Waals surface area contributed by atoms with Crippen molar-refractivity contribution in [2.24, 2.45) is 0 Å².